The zero-order valence-electron chi connectivity index (χ0n) is 9.01. The van der Waals surface area contributed by atoms with Crippen LogP contribution in [0.5, 0.6) is 0 Å². The average Bonchev–Trinajstić information content (AvgIpc) is 2.82. The third kappa shape index (κ3) is 3.13. The van der Waals surface area contributed by atoms with Gasteiger partial charge >= 0.3 is 0 Å². The monoisotopic (exact) mass is 294 g/mol. The number of hydrogen-bond donors (Lipinski definition) is 1. The van der Waals surface area contributed by atoms with Gasteiger partial charge in [-0.15, -0.1) is 0 Å². The zero-order chi connectivity index (χ0) is 12.1. The molecule has 0 saturated heterocycles. The molecule has 0 saturated carbocycles. The van der Waals surface area contributed by atoms with Crippen LogP contribution in [0.25, 0.3) is 0 Å². The molecular weight excluding hydrogens is 284 g/mol. The molecule has 2 heterocycles. The number of carbonyl (C=O) groups excluding carboxylic acids is 1. The Morgan fingerprint density at radius 1 is 1.47 bits per heavy atom. The van der Waals surface area contributed by atoms with E-state index >= 15 is 0 Å². The first-order valence-electron chi connectivity index (χ1n) is 5.12. The number of halogens is 1. The molecule has 0 fully saturated rings. The van der Waals surface area contributed by atoms with Gasteiger partial charge in [0, 0.05) is 31.7 Å². The first-order valence-corrected chi connectivity index (χ1v) is 5.91. The largest absolute Gasteiger partial charge is 0.350 e. The summed E-state index contributed by atoms with van der Waals surface area (Å²) >= 11 is 3.24. The highest BCUT2D eigenvalue weighted by Gasteiger charge is 2.08. The lowest BCUT2D eigenvalue weighted by Gasteiger charge is -2.06. The van der Waals surface area contributed by atoms with Crippen LogP contribution >= 0.6 is 15.9 Å². The zero-order valence-corrected chi connectivity index (χ0v) is 10.6. The minimum Gasteiger partial charge on any atom is -0.350 e. The lowest BCUT2D eigenvalue weighted by atomic mass is 10.3. The van der Waals surface area contributed by atoms with Crippen molar-refractivity contribution in [3.63, 3.8) is 0 Å². The van der Waals surface area contributed by atoms with E-state index in [4.69, 9.17) is 0 Å². The van der Waals surface area contributed by atoms with Crippen molar-refractivity contribution in [3.8, 4) is 0 Å². The molecule has 2 aromatic rings. The van der Waals surface area contributed by atoms with Crippen molar-refractivity contribution in [2.45, 2.75) is 6.54 Å². The topological polar surface area (TPSA) is 59.8 Å². The van der Waals surface area contributed by atoms with Gasteiger partial charge in [-0.1, -0.05) is 0 Å². The van der Waals surface area contributed by atoms with Gasteiger partial charge < -0.3 is 9.88 Å². The molecule has 17 heavy (non-hydrogen) atoms. The molecule has 1 amide bonds. The van der Waals surface area contributed by atoms with Crippen LogP contribution in [0.15, 0.2) is 41.7 Å². The van der Waals surface area contributed by atoms with Gasteiger partial charge in [0.15, 0.2) is 0 Å². The molecule has 0 radical (unpaired) electrons. The first kappa shape index (κ1) is 11.8. The van der Waals surface area contributed by atoms with Gasteiger partial charge in [0.1, 0.15) is 4.60 Å². The first-order chi connectivity index (χ1) is 8.27. The SMILES string of the molecule is O=C(NCCn1ccnc1)c1cccnc1Br. The molecule has 0 aliphatic carbocycles. The number of aromatic nitrogens is 3. The standard InChI is InChI=1S/C11H11BrN4O/c12-10-9(2-1-3-14-10)11(17)15-5-7-16-6-4-13-8-16/h1-4,6,8H,5,7H2,(H,15,17). The van der Waals surface area contributed by atoms with Crippen molar-refractivity contribution in [2.75, 3.05) is 6.54 Å². The molecule has 0 atom stereocenters. The number of nitrogens with one attached hydrogen (secondary N) is 1. The Hall–Kier alpha value is -1.69. The van der Waals surface area contributed by atoms with Crippen LogP contribution in [0.1, 0.15) is 10.4 Å². The molecule has 0 bridgehead atoms. The van der Waals surface area contributed by atoms with Gasteiger partial charge in [0.25, 0.3) is 5.91 Å². The van der Waals surface area contributed by atoms with Gasteiger partial charge in [0.05, 0.1) is 11.9 Å². The number of carbonyl (C=O) groups is 1. The maximum absolute atomic E-state index is 11.8. The van der Waals surface area contributed by atoms with Crippen molar-refractivity contribution in [3.05, 3.63) is 47.2 Å². The van der Waals surface area contributed by atoms with E-state index in [2.05, 4.69) is 31.2 Å². The summed E-state index contributed by atoms with van der Waals surface area (Å²) in [6, 6.07) is 3.46. The highest BCUT2D eigenvalue weighted by atomic mass is 79.9. The molecule has 1 N–H and O–H groups in total. The van der Waals surface area contributed by atoms with Crippen molar-refractivity contribution in [2.24, 2.45) is 0 Å². The van der Waals surface area contributed by atoms with E-state index < -0.39 is 0 Å². The molecule has 2 rings (SSSR count). The molecule has 88 valence electrons. The molecule has 0 spiro atoms. The van der Waals surface area contributed by atoms with Crippen LogP contribution in [0.4, 0.5) is 0 Å². The predicted molar refractivity (Wildman–Crippen MR) is 66.5 cm³/mol. The Balaban J connectivity index is 1.88. The summed E-state index contributed by atoms with van der Waals surface area (Å²) < 4.78 is 2.46. The molecule has 2 aromatic heterocycles. The van der Waals surface area contributed by atoms with Crippen LogP contribution in [-0.4, -0.2) is 27.0 Å². The van der Waals surface area contributed by atoms with E-state index in [1.165, 1.54) is 0 Å². The minimum atomic E-state index is -0.134. The molecule has 0 unspecified atom stereocenters. The number of pyridine rings is 1. The second-order valence-electron chi connectivity index (χ2n) is 3.40. The Morgan fingerprint density at radius 3 is 3.06 bits per heavy atom. The maximum atomic E-state index is 11.8. The Morgan fingerprint density at radius 2 is 2.35 bits per heavy atom. The van der Waals surface area contributed by atoms with E-state index in [1.807, 2.05) is 10.8 Å². The highest BCUT2D eigenvalue weighted by Crippen LogP contribution is 2.11. The summed E-state index contributed by atoms with van der Waals surface area (Å²) in [7, 11) is 0. The molecule has 0 aliphatic rings. The molecule has 6 heteroatoms. The van der Waals surface area contributed by atoms with E-state index in [0.717, 1.165) is 0 Å². The molecule has 0 aromatic carbocycles. The average molecular weight is 295 g/mol. The van der Waals surface area contributed by atoms with Crippen molar-refractivity contribution in [1.82, 2.24) is 19.9 Å². The number of nitrogens with zero attached hydrogens (tertiary/aromatic N) is 3. The van der Waals surface area contributed by atoms with E-state index in [0.29, 0.717) is 23.3 Å². The lowest BCUT2D eigenvalue weighted by molar-refractivity contribution is 0.0951. The third-order valence-electron chi connectivity index (χ3n) is 2.22. The Bertz CT molecular complexity index is 498. The van der Waals surface area contributed by atoms with Crippen LogP contribution in [-0.2, 0) is 6.54 Å². The molecule has 5 nitrogen and oxygen atoms in total. The quantitative estimate of drug-likeness (QED) is 0.869. The Kier molecular flexibility index (Phi) is 3.87. The highest BCUT2D eigenvalue weighted by molar-refractivity contribution is 9.10. The van der Waals surface area contributed by atoms with Crippen molar-refractivity contribution in [1.29, 1.82) is 0 Å². The van der Waals surface area contributed by atoms with Gasteiger partial charge in [-0.3, -0.25) is 4.79 Å². The summed E-state index contributed by atoms with van der Waals surface area (Å²) in [5.41, 5.74) is 0.540. The maximum Gasteiger partial charge on any atom is 0.254 e. The minimum absolute atomic E-state index is 0.134. The van der Waals surface area contributed by atoms with Gasteiger partial charge in [0.2, 0.25) is 0 Å². The van der Waals surface area contributed by atoms with E-state index in [-0.39, 0.29) is 5.91 Å². The fraction of sp³-hybridized carbons (Fsp3) is 0.182. The lowest BCUT2D eigenvalue weighted by Crippen LogP contribution is -2.27. The molecular formula is C11H11BrN4O. The van der Waals surface area contributed by atoms with Crippen molar-refractivity contribution >= 4 is 21.8 Å². The second kappa shape index (κ2) is 5.58. The smallest absolute Gasteiger partial charge is 0.254 e. The summed E-state index contributed by atoms with van der Waals surface area (Å²) in [6.07, 6.45) is 6.91. The Labute approximate surface area is 107 Å². The summed E-state index contributed by atoms with van der Waals surface area (Å²) in [6.45, 7) is 1.25. The van der Waals surface area contributed by atoms with Crippen LogP contribution < -0.4 is 5.32 Å². The number of hydrogen-bond acceptors (Lipinski definition) is 3. The summed E-state index contributed by atoms with van der Waals surface area (Å²) in [5, 5.41) is 2.82. The number of imidazole rings is 1. The fourth-order valence-electron chi connectivity index (χ4n) is 1.37. The second-order valence-corrected chi connectivity index (χ2v) is 4.15. The van der Waals surface area contributed by atoms with Gasteiger partial charge in [-0.2, -0.15) is 0 Å². The van der Waals surface area contributed by atoms with E-state index in [1.54, 1.807) is 30.9 Å². The van der Waals surface area contributed by atoms with Crippen LogP contribution in [0, 0.1) is 0 Å². The molecule has 0 aliphatic heterocycles. The van der Waals surface area contributed by atoms with Crippen LogP contribution in [0.2, 0.25) is 0 Å². The van der Waals surface area contributed by atoms with Crippen molar-refractivity contribution < 1.29 is 4.79 Å². The van der Waals surface area contributed by atoms with Crippen LogP contribution in [0.3, 0.4) is 0 Å². The van der Waals surface area contributed by atoms with Gasteiger partial charge in [-0.25, -0.2) is 9.97 Å². The normalized spacial score (nSPS) is 10.2. The summed E-state index contributed by atoms with van der Waals surface area (Å²) in [5.74, 6) is -0.134. The fourth-order valence-corrected chi connectivity index (χ4v) is 1.80. The van der Waals surface area contributed by atoms with E-state index in [9.17, 15) is 4.79 Å². The third-order valence-corrected chi connectivity index (χ3v) is 2.85. The summed E-state index contributed by atoms with van der Waals surface area (Å²) in [4.78, 5) is 19.7. The van der Waals surface area contributed by atoms with Gasteiger partial charge in [-0.05, 0) is 28.1 Å². The number of rotatable bonds is 4. The predicted octanol–water partition coefficient (Wildman–Crippen LogP) is 1.47. The number of amides is 1.